The zero-order chi connectivity index (χ0) is 20.1. The van der Waals surface area contributed by atoms with Crippen molar-refractivity contribution in [1.29, 1.82) is 0 Å². The quantitative estimate of drug-likeness (QED) is 0.683. The molecule has 3 rings (SSSR count). The van der Waals surface area contributed by atoms with Gasteiger partial charge in [0.2, 0.25) is 5.91 Å². The molecule has 0 saturated heterocycles. The lowest BCUT2D eigenvalue weighted by Crippen LogP contribution is -2.38. The van der Waals surface area contributed by atoms with Gasteiger partial charge < -0.3 is 5.32 Å². The Balaban J connectivity index is 1.94. The number of anilines is 2. The minimum atomic E-state index is -3.90. The molecule has 0 aromatic heterocycles. The molecule has 144 valence electrons. The first-order chi connectivity index (χ1) is 13.4. The van der Waals surface area contributed by atoms with Gasteiger partial charge in [0.25, 0.3) is 10.0 Å². The Kier molecular flexibility index (Phi) is 5.80. The van der Waals surface area contributed by atoms with E-state index in [4.69, 9.17) is 0 Å². The van der Waals surface area contributed by atoms with Gasteiger partial charge in [0.15, 0.2) is 0 Å². The Labute approximate surface area is 165 Å². The first-order valence-corrected chi connectivity index (χ1v) is 10.3. The van der Waals surface area contributed by atoms with Crippen LogP contribution in [0.15, 0.2) is 83.8 Å². The molecule has 1 N–H and O–H groups in total. The molecule has 3 aromatic carbocycles. The summed E-state index contributed by atoms with van der Waals surface area (Å²) >= 11 is 0. The molecule has 6 heteroatoms. The third-order valence-electron chi connectivity index (χ3n) is 4.34. The van der Waals surface area contributed by atoms with E-state index in [0.29, 0.717) is 11.4 Å². The topological polar surface area (TPSA) is 66.5 Å². The lowest BCUT2D eigenvalue weighted by atomic mass is 10.2. The molecule has 28 heavy (non-hydrogen) atoms. The van der Waals surface area contributed by atoms with Crippen LogP contribution in [-0.2, 0) is 14.8 Å². The van der Waals surface area contributed by atoms with E-state index in [2.05, 4.69) is 5.32 Å². The van der Waals surface area contributed by atoms with Crippen LogP contribution in [-0.4, -0.2) is 20.9 Å². The van der Waals surface area contributed by atoms with Gasteiger partial charge in [0, 0.05) is 5.69 Å². The van der Waals surface area contributed by atoms with E-state index in [1.807, 2.05) is 38.1 Å². The molecule has 0 aliphatic carbocycles. The summed E-state index contributed by atoms with van der Waals surface area (Å²) < 4.78 is 27.7. The Morgan fingerprint density at radius 3 is 2.11 bits per heavy atom. The Hall–Kier alpha value is -3.12. The van der Waals surface area contributed by atoms with Gasteiger partial charge in [-0.15, -0.1) is 0 Å². The number of nitrogens with one attached hydrogen (secondary N) is 1. The normalized spacial score (nSPS) is 11.1. The maximum atomic E-state index is 13.3. The number of benzene rings is 3. The van der Waals surface area contributed by atoms with E-state index in [-0.39, 0.29) is 11.4 Å². The fraction of sp³-hybridized carbons (Fsp3) is 0.136. The zero-order valence-corrected chi connectivity index (χ0v) is 16.6. The van der Waals surface area contributed by atoms with Crippen molar-refractivity contribution in [2.45, 2.75) is 18.7 Å². The Bertz CT molecular complexity index is 1060. The largest absolute Gasteiger partial charge is 0.325 e. The van der Waals surface area contributed by atoms with Crippen LogP contribution in [0, 0.1) is 13.8 Å². The molecule has 3 aromatic rings. The third-order valence-corrected chi connectivity index (χ3v) is 6.11. The molecular weight excluding hydrogens is 372 g/mol. The summed E-state index contributed by atoms with van der Waals surface area (Å²) in [7, 11) is -3.90. The lowest BCUT2D eigenvalue weighted by Gasteiger charge is -2.25. The molecule has 1 amide bonds. The second-order valence-electron chi connectivity index (χ2n) is 6.53. The number of sulfonamides is 1. The highest BCUT2D eigenvalue weighted by atomic mass is 32.2. The molecule has 0 aliphatic rings. The molecule has 0 heterocycles. The van der Waals surface area contributed by atoms with Crippen LogP contribution in [0.4, 0.5) is 11.4 Å². The summed E-state index contributed by atoms with van der Waals surface area (Å²) in [6.07, 6.45) is 0. The van der Waals surface area contributed by atoms with E-state index in [1.165, 1.54) is 12.1 Å². The smallest absolute Gasteiger partial charge is 0.264 e. The first-order valence-electron chi connectivity index (χ1n) is 8.88. The standard InChI is InChI=1S/C22H22N2O3S/c1-17-12-14-19(15-13-17)23-22(25)16-24(21-11-7-6-8-18(21)2)28(26,27)20-9-4-3-5-10-20/h3-15H,16H2,1-2H3,(H,23,25). The Morgan fingerprint density at radius 1 is 0.857 bits per heavy atom. The van der Waals surface area contributed by atoms with Crippen molar-refractivity contribution in [2.75, 3.05) is 16.2 Å². The summed E-state index contributed by atoms with van der Waals surface area (Å²) in [6.45, 7) is 3.45. The predicted molar refractivity (Wildman–Crippen MR) is 112 cm³/mol. The number of amides is 1. The Morgan fingerprint density at radius 2 is 1.46 bits per heavy atom. The second-order valence-corrected chi connectivity index (χ2v) is 8.39. The van der Waals surface area contributed by atoms with Crippen molar-refractivity contribution in [3.8, 4) is 0 Å². The summed E-state index contributed by atoms with van der Waals surface area (Å²) in [5, 5.41) is 2.77. The highest BCUT2D eigenvalue weighted by Crippen LogP contribution is 2.26. The number of rotatable bonds is 6. The van der Waals surface area contributed by atoms with E-state index in [9.17, 15) is 13.2 Å². The number of carbonyl (C=O) groups is 1. The molecule has 0 fully saturated rings. The monoisotopic (exact) mass is 394 g/mol. The van der Waals surface area contributed by atoms with Crippen molar-refractivity contribution in [3.05, 3.63) is 90.0 Å². The fourth-order valence-electron chi connectivity index (χ4n) is 2.83. The van der Waals surface area contributed by atoms with E-state index >= 15 is 0 Å². The van der Waals surface area contributed by atoms with Crippen molar-refractivity contribution in [2.24, 2.45) is 0 Å². The van der Waals surface area contributed by atoms with Crippen LogP contribution in [0.1, 0.15) is 11.1 Å². The first kappa shape index (κ1) is 19.6. The number of aryl methyl sites for hydroxylation is 2. The lowest BCUT2D eigenvalue weighted by molar-refractivity contribution is -0.114. The number of carbonyl (C=O) groups excluding carboxylic acids is 1. The van der Waals surface area contributed by atoms with E-state index in [1.54, 1.807) is 42.5 Å². The van der Waals surface area contributed by atoms with Crippen molar-refractivity contribution in [3.63, 3.8) is 0 Å². The highest BCUT2D eigenvalue weighted by Gasteiger charge is 2.28. The predicted octanol–water partition coefficient (Wildman–Crippen LogP) is 4.14. The minimum Gasteiger partial charge on any atom is -0.325 e. The van der Waals surface area contributed by atoms with Crippen molar-refractivity contribution < 1.29 is 13.2 Å². The molecule has 0 spiro atoms. The van der Waals surface area contributed by atoms with Gasteiger partial charge in [-0.2, -0.15) is 0 Å². The highest BCUT2D eigenvalue weighted by molar-refractivity contribution is 7.92. The summed E-state index contributed by atoms with van der Waals surface area (Å²) in [5.74, 6) is -0.411. The summed E-state index contributed by atoms with van der Waals surface area (Å²) in [6, 6.07) is 22.6. The maximum absolute atomic E-state index is 13.3. The van der Waals surface area contributed by atoms with Gasteiger partial charge in [-0.1, -0.05) is 54.1 Å². The zero-order valence-electron chi connectivity index (χ0n) is 15.8. The van der Waals surface area contributed by atoms with Crippen LogP contribution in [0.5, 0.6) is 0 Å². The number of hydrogen-bond donors (Lipinski definition) is 1. The molecule has 0 saturated carbocycles. The van der Waals surface area contributed by atoms with Gasteiger partial charge in [-0.3, -0.25) is 9.10 Å². The molecule has 0 bridgehead atoms. The van der Waals surface area contributed by atoms with Crippen LogP contribution in [0.2, 0.25) is 0 Å². The number of nitrogens with zero attached hydrogens (tertiary/aromatic N) is 1. The number of para-hydroxylation sites is 1. The van der Waals surface area contributed by atoms with Gasteiger partial charge in [-0.05, 0) is 49.7 Å². The van der Waals surface area contributed by atoms with Gasteiger partial charge in [-0.25, -0.2) is 8.42 Å². The maximum Gasteiger partial charge on any atom is 0.264 e. The van der Waals surface area contributed by atoms with Gasteiger partial charge in [0.1, 0.15) is 6.54 Å². The average molecular weight is 394 g/mol. The molecule has 0 aliphatic heterocycles. The summed E-state index contributed by atoms with van der Waals surface area (Å²) in [5.41, 5.74) is 2.94. The molecule has 0 atom stereocenters. The second kappa shape index (κ2) is 8.27. The minimum absolute atomic E-state index is 0.140. The fourth-order valence-corrected chi connectivity index (χ4v) is 4.34. The number of hydrogen-bond acceptors (Lipinski definition) is 3. The molecular formula is C22H22N2O3S. The van der Waals surface area contributed by atoms with Gasteiger partial charge >= 0.3 is 0 Å². The van der Waals surface area contributed by atoms with Crippen LogP contribution in [0.25, 0.3) is 0 Å². The van der Waals surface area contributed by atoms with E-state index in [0.717, 1.165) is 15.4 Å². The van der Waals surface area contributed by atoms with Crippen molar-refractivity contribution >= 4 is 27.3 Å². The van der Waals surface area contributed by atoms with Crippen LogP contribution < -0.4 is 9.62 Å². The molecule has 0 radical (unpaired) electrons. The third kappa shape index (κ3) is 4.40. The van der Waals surface area contributed by atoms with Gasteiger partial charge in [0.05, 0.1) is 10.6 Å². The average Bonchev–Trinajstić information content (AvgIpc) is 2.69. The molecule has 0 unspecified atom stereocenters. The SMILES string of the molecule is Cc1ccc(NC(=O)CN(c2ccccc2C)S(=O)(=O)c2ccccc2)cc1. The van der Waals surface area contributed by atoms with Crippen molar-refractivity contribution in [1.82, 2.24) is 0 Å². The van der Waals surface area contributed by atoms with Crippen LogP contribution >= 0.6 is 0 Å². The van der Waals surface area contributed by atoms with Crippen LogP contribution in [0.3, 0.4) is 0 Å². The summed E-state index contributed by atoms with van der Waals surface area (Å²) in [4.78, 5) is 12.8. The molecule has 5 nitrogen and oxygen atoms in total. The van der Waals surface area contributed by atoms with E-state index < -0.39 is 15.9 Å².